The van der Waals surface area contributed by atoms with Crippen molar-refractivity contribution in [2.45, 2.75) is 18.0 Å². The van der Waals surface area contributed by atoms with Gasteiger partial charge in [-0.15, -0.1) is 0 Å². The Bertz CT molecular complexity index is 556. The van der Waals surface area contributed by atoms with E-state index in [4.69, 9.17) is 0 Å². The number of benzene rings is 1. The van der Waals surface area contributed by atoms with Gasteiger partial charge >= 0.3 is 24.0 Å². The minimum atomic E-state index is -6.04. The average Bonchev–Trinajstić information content (AvgIpc) is 2.44. The number of halogens is 6. The van der Waals surface area contributed by atoms with Gasteiger partial charge in [0.25, 0.3) is 5.91 Å². The highest BCUT2D eigenvalue weighted by molar-refractivity contribution is 5.95. The smallest absolute Gasteiger partial charge is 0.341 e. The second-order valence-electron chi connectivity index (χ2n) is 4.27. The molecule has 5 nitrogen and oxygen atoms in total. The van der Waals surface area contributed by atoms with Crippen molar-refractivity contribution in [3.05, 3.63) is 35.9 Å². The molecular formula is C12H11F6N3O2. The maximum absolute atomic E-state index is 13.1. The van der Waals surface area contributed by atoms with E-state index < -0.39 is 35.5 Å². The lowest BCUT2D eigenvalue weighted by molar-refractivity contribution is -0.310. The van der Waals surface area contributed by atoms with Crippen LogP contribution in [-0.4, -0.2) is 37.0 Å². The van der Waals surface area contributed by atoms with Crippen molar-refractivity contribution < 1.29 is 35.9 Å². The van der Waals surface area contributed by atoms with Crippen molar-refractivity contribution in [2.24, 2.45) is 0 Å². The number of alkyl halides is 6. The summed E-state index contributed by atoms with van der Waals surface area (Å²) in [5.74, 6) is -1.66. The van der Waals surface area contributed by atoms with Crippen molar-refractivity contribution in [2.75, 3.05) is 7.05 Å². The fourth-order valence-electron chi connectivity index (χ4n) is 1.54. The summed E-state index contributed by atoms with van der Waals surface area (Å²) >= 11 is 0. The zero-order valence-corrected chi connectivity index (χ0v) is 11.5. The Balaban J connectivity index is 3.33. The third-order valence-corrected chi connectivity index (χ3v) is 2.72. The molecule has 0 saturated carbocycles. The molecule has 11 heteroatoms. The number of nitrogens with one attached hydrogen (secondary N) is 3. The molecule has 0 saturated heterocycles. The van der Waals surface area contributed by atoms with E-state index in [9.17, 15) is 35.9 Å². The second kappa shape index (κ2) is 6.34. The minimum absolute atomic E-state index is 0.441. The van der Waals surface area contributed by atoms with Crippen LogP contribution >= 0.6 is 0 Å². The van der Waals surface area contributed by atoms with E-state index in [0.717, 1.165) is 29.8 Å². The van der Waals surface area contributed by atoms with Gasteiger partial charge in [0.2, 0.25) is 0 Å². The number of carbonyl (C=O) groups excluding carboxylic acids is 2. The normalized spacial score (nSPS) is 12.5. The van der Waals surface area contributed by atoms with Crippen molar-refractivity contribution >= 4 is 11.9 Å². The Hall–Kier alpha value is -2.46. The monoisotopic (exact) mass is 343 g/mol. The quantitative estimate of drug-likeness (QED) is 0.582. The van der Waals surface area contributed by atoms with Crippen LogP contribution < -0.4 is 16.0 Å². The lowest BCUT2D eigenvalue weighted by Gasteiger charge is -2.37. The number of hydrogen-bond donors (Lipinski definition) is 3. The molecule has 0 aliphatic heterocycles. The first-order chi connectivity index (χ1) is 10.4. The fraction of sp³-hybridized carbons (Fsp3) is 0.333. The Morgan fingerprint density at radius 3 is 1.74 bits per heavy atom. The topological polar surface area (TPSA) is 70.2 Å². The number of carbonyl (C=O) groups is 2. The molecule has 0 fully saturated rings. The summed E-state index contributed by atoms with van der Waals surface area (Å²) in [7, 11) is 0.825. The molecule has 0 atom stereocenters. The lowest BCUT2D eigenvalue weighted by Crippen LogP contribution is -2.77. The molecule has 0 radical (unpaired) electrons. The molecule has 0 heterocycles. The molecule has 0 spiro atoms. The zero-order chi connectivity index (χ0) is 17.9. The van der Waals surface area contributed by atoms with E-state index in [0.29, 0.717) is 0 Å². The maximum atomic E-state index is 13.1. The van der Waals surface area contributed by atoms with Crippen molar-refractivity contribution in [3.63, 3.8) is 0 Å². The van der Waals surface area contributed by atoms with Crippen LogP contribution in [0, 0.1) is 0 Å². The molecule has 1 aromatic rings. The number of amides is 3. The van der Waals surface area contributed by atoms with Crippen molar-refractivity contribution in [3.8, 4) is 0 Å². The van der Waals surface area contributed by atoms with Gasteiger partial charge in [-0.3, -0.25) is 10.1 Å². The average molecular weight is 343 g/mol. The van der Waals surface area contributed by atoms with Gasteiger partial charge in [-0.25, -0.2) is 4.79 Å². The van der Waals surface area contributed by atoms with E-state index in [-0.39, 0.29) is 0 Å². The van der Waals surface area contributed by atoms with E-state index in [1.54, 1.807) is 5.32 Å². The summed E-state index contributed by atoms with van der Waals surface area (Å²) in [4.78, 5) is 22.8. The minimum Gasteiger partial charge on any atom is -0.341 e. The summed E-state index contributed by atoms with van der Waals surface area (Å²) in [5.41, 5.74) is -5.38. The number of hydrogen-bond acceptors (Lipinski definition) is 2. The highest BCUT2D eigenvalue weighted by Crippen LogP contribution is 2.41. The molecule has 128 valence electrons. The van der Waals surface area contributed by atoms with Crippen LogP contribution in [0.5, 0.6) is 0 Å². The predicted octanol–water partition coefficient (Wildman–Crippen LogP) is 2.17. The van der Waals surface area contributed by atoms with E-state index in [2.05, 4.69) is 0 Å². The predicted molar refractivity (Wildman–Crippen MR) is 66.3 cm³/mol. The van der Waals surface area contributed by atoms with E-state index in [1.165, 1.54) is 18.2 Å². The van der Waals surface area contributed by atoms with Crippen LogP contribution in [0.3, 0.4) is 0 Å². The van der Waals surface area contributed by atoms with Gasteiger partial charge in [0.1, 0.15) is 0 Å². The molecular weight excluding hydrogens is 332 g/mol. The number of urea groups is 1. The van der Waals surface area contributed by atoms with Crippen molar-refractivity contribution in [1.82, 2.24) is 16.0 Å². The SMILES string of the molecule is CNC(=O)NC(NC(=O)c1ccccc1)(C(F)(F)F)C(F)(F)F. The van der Waals surface area contributed by atoms with E-state index >= 15 is 0 Å². The number of rotatable bonds is 3. The molecule has 3 amide bonds. The Morgan fingerprint density at radius 1 is 0.870 bits per heavy atom. The van der Waals surface area contributed by atoms with Gasteiger partial charge < -0.3 is 10.6 Å². The third kappa shape index (κ3) is 3.85. The van der Waals surface area contributed by atoms with Crippen molar-refractivity contribution in [1.29, 1.82) is 0 Å². The van der Waals surface area contributed by atoms with Crippen LogP contribution in [0.25, 0.3) is 0 Å². The molecule has 0 aliphatic carbocycles. The van der Waals surface area contributed by atoms with Crippen LogP contribution in [0.2, 0.25) is 0 Å². The fourth-order valence-corrected chi connectivity index (χ4v) is 1.54. The van der Waals surface area contributed by atoms with Gasteiger partial charge in [-0.1, -0.05) is 18.2 Å². The molecule has 1 rings (SSSR count). The van der Waals surface area contributed by atoms with Gasteiger partial charge in [-0.05, 0) is 12.1 Å². The largest absolute Gasteiger partial charge is 0.439 e. The summed E-state index contributed by atoms with van der Waals surface area (Å²) in [6.45, 7) is 0. The Labute approximate surface area is 126 Å². The maximum Gasteiger partial charge on any atom is 0.439 e. The van der Waals surface area contributed by atoms with Crippen LogP contribution in [0.1, 0.15) is 10.4 Å². The molecule has 3 N–H and O–H groups in total. The van der Waals surface area contributed by atoms with Gasteiger partial charge in [-0.2, -0.15) is 26.3 Å². The Kier molecular flexibility index (Phi) is 5.13. The third-order valence-electron chi connectivity index (χ3n) is 2.72. The highest BCUT2D eigenvalue weighted by atomic mass is 19.4. The summed E-state index contributed by atoms with van der Waals surface area (Å²) < 4.78 is 78.4. The molecule has 1 aromatic carbocycles. The first-order valence-corrected chi connectivity index (χ1v) is 5.95. The van der Waals surface area contributed by atoms with Gasteiger partial charge in [0.15, 0.2) is 0 Å². The summed E-state index contributed by atoms with van der Waals surface area (Å²) in [5, 5.41) is 3.14. The lowest BCUT2D eigenvalue weighted by atomic mass is 10.1. The Morgan fingerprint density at radius 2 is 1.35 bits per heavy atom. The molecule has 23 heavy (non-hydrogen) atoms. The zero-order valence-electron chi connectivity index (χ0n) is 11.5. The molecule has 0 unspecified atom stereocenters. The van der Waals surface area contributed by atoms with E-state index in [1.807, 2.05) is 0 Å². The first kappa shape index (κ1) is 18.6. The van der Waals surface area contributed by atoms with Crippen LogP contribution in [0.15, 0.2) is 30.3 Å². The van der Waals surface area contributed by atoms with Gasteiger partial charge in [0, 0.05) is 12.6 Å². The second-order valence-corrected chi connectivity index (χ2v) is 4.27. The molecule has 0 bridgehead atoms. The summed E-state index contributed by atoms with van der Waals surface area (Å²) in [6.07, 6.45) is -12.1. The molecule has 0 aromatic heterocycles. The standard InChI is InChI=1S/C12H11F6N3O2/c1-19-9(23)21-10(11(13,14)15,12(16,17)18)20-8(22)7-5-3-2-4-6-7/h2-6H,1H3,(H,20,22)(H2,19,21,23). The van der Waals surface area contributed by atoms with Gasteiger partial charge in [0.05, 0.1) is 0 Å². The summed E-state index contributed by atoms with van der Waals surface area (Å²) in [6, 6.07) is 4.20. The van der Waals surface area contributed by atoms with Crippen LogP contribution in [0.4, 0.5) is 31.1 Å². The highest BCUT2D eigenvalue weighted by Gasteiger charge is 2.73. The van der Waals surface area contributed by atoms with Crippen LogP contribution in [-0.2, 0) is 0 Å². The molecule has 0 aliphatic rings. The first-order valence-electron chi connectivity index (χ1n) is 5.95.